The van der Waals surface area contributed by atoms with Gasteiger partial charge in [0, 0.05) is 5.02 Å². The van der Waals surface area contributed by atoms with Crippen molar-refractivity contribution in [2.75, 3.05) is 0 Å². The molecule has 0 aliphatic heterocycles. The van der Waals surface area contributed by atoms with Crippen molar-refractivity contribution in [2.45, 2.75) is 0 Å². The summed E-state index contributed by atoms with van der Waals surface area (Å²) in [7, 11) is 0. The SMILES string of the molecule is O=c1[nH]cnc2cc(Cl)ccc12.O=c1[nH]cnc2cccc(F)c12. The average molecular weight is 345 g/mol. The van der Waals surface area contributed by atoms with Crippen LogP contribution >= 0.6 is 11.6 Å². The summed E-state index contributed by atoms with van der Waals surface area (Å²) in [5.41, 5.74) is 0.403. The fourth-order valence-corrected chi connectivity index (χ4v) is 2.29. The van der Waals surface area contributed by atoms with Gasteiger partial charge in [-0.2, -0.15) is 0 Å². The Morgan fingerprint density at radius 2 is 1.62 bits per heavy atom. The van der Waals surface area contributed by atoms with E-state index in [4.69, 9.17) is 11.6 Å². The van der Waals surface area contributed by atoms with Gasteiger partial charge >= 0.3 is 0 Å². The Labute approximate surface area is 139 Å². The maximum Gasteiger partial charge on any atom is 0.261 e. The van der Waals surface area contributed by atoms with Crippen molar-refractivity contribution in [1.29, 1.82) is 0 Å². The number of H-pyrrole nitrogens is 2. The van der Waals surface area contributed by atoms with Crippen LogP contribution in [-0.2, 0) is 0 Å². The zero-order chi connectivity index (χ0) is 17.1. The Morgan fingerprint density at radius 1 is 0.917 bits per heavy atom. The van der Waals surface area contributed by atoms with Crippen LogP contribution < -0.4 is 11.1 Å². The molecular formula is C16H10ClFN4O2. The highest BCUT2D eigenvalue weighted by atomic mass is 35.5. The van der Waals surface area contributed by atoms with E-state index in [1.54, 1.807) is 24.3 Å². The molecule has 0 amide bonds. The lowest BCUT2D eigenvalue weighted by Crippen LogP contribution is -2.07. The largest absolute Gasteiger partial charge is 0.313 e. The van der Waals surface area contributed by atoms with Gasteiger partial charge in [0.05, 0.1) is 29.1 Å². The van der Waals surface area contributed by atoms with Crippen molar-refractivity contribution < 1.29 is 4.39 Å². The third kappa shape index (κ3) is 3.16. The van der Waals surface area contributed by atoms with Crippen molar-refractivity contribution in [3.8, 4) is 0 Å². The summed E-state index contributed by atoms with van der Waals surface area (Å²) < 4.78 is 13.0. The van der Waals surface area contributed by atoms with Gasteiger partial charge in [0.15, 0.2) is 0 Å². The van der Waals surface area contributed by atoms with Crippen LogP contribution in [0.3, 0.4) is 0 Å². The molecule has 0 atom stereocenters. The van der Waals surface area contributed by atoms with E-state index in [2.05, 4.69) is 19.9 Å². The molecule has 2 heterocycles. The van der Waals surface area contributed by atoms with Gasteiger partial charge in [-0.15, -0.1) is 0 Å². The van der Waals surface area contributed by atoms with Crippen LogP contribution in [0.2, 0.25) is 5.02 Å². The average Bonchev–Trinajstić information content (AvgIpc) is 2.56. The van der Waals surface area contributed by atoms with Crippen LogP contribution in [0, 0.1) is 5.82 Å². The van der Waals surface area contributed by atoms with Crippen LogP contribution in [0.1, 0.15) is 0 Å². The monoisotopic (exact) mass is 344 g/mol. The molecule has 6 nitrogen and oxygen atoms in total. The molecule has 0 saturated carbocycles. The fourth-order valence-electron chi connectivity index (χ4n) is 2.12. The van der Waals surface area contributed by atoms with E-state index in [1.165, 1.54) is 24.8 Å². The summed E-state index contributed by atoms with van der Waals surface area (Å²) in [5.74, 6) is -0.540. The second-order valence-corrected chi connectivity index (χ2v) is 5.20. The molecule has 0 spiro atoms. The van der Waals surface area contributed by atoms with E-state index in [9.17, 15) is 14.0 Å². The molecule has 0 aliphatic carbocycles. The molecular weight excluding hydrogens is 335 g/mol. The maximum atomic E-state index is 13.0. The molecule has 0 aliphatic rings. The predicted octanol–water partition coefficient (Wildman–Crippen LogP) is 2.64. The number of rotatable bonds is 0. The minimum atomic E-state index is -0.540. The van der Waals surface area contributed by atoms with Gasteiger partial charge < -0.3 is 9.97 Å². The van der Waals surface area contributed by atoms with Gasteiger partial charge in [-0.25, -0.2) is 14.4 Å². The summed E-state index contributed by atoms with van der Waals surface area (Å²) in [6, 6.07) is 9.33. The number of aromatic nitrogens is 4. The van der Waals surface area contributed by atoms with Crippen LogP contribution in [0.4, 0.5) is 4.39 Å². The lowest BCUT2D eigenvalue weighted by Gasteiger charge is -1.94. The van der Waals surface area contributed by atoms with E-state index in [0.717, 1.165) is 0 Å². The summed E-state index contributed by atoms with van der Waals surface area (Å²) in [6.07, 6.45) is 2.62. The Kier molecular flexibility index (Phi) is 4.35. The van der Waals surface area contributed by atoms with Gasteiger partial charge in [0.2, 0.25) is 0 Å². The third-order valence-electron chi connectivity index (χ3n) is 3.22. The van der Waals surface area contributed by atoms with Gasteiger partial charge in [-0.3, -0.25) is 9.59 Å². The smallest absolute Gasteiger partial charge is 0.261 e. The van der Waals surface area contributed by atoms with Gasteiger partial charge in [0.1, 0.15) is 11.2 Å². The Morgan fingerprint density at radius 3 is 2.38 bits per heavy atom. The van der Waals surface area contributed by atoms with Crippen molar-refractivity contribution in [3.05, 3.63) is 80.6 Å². The van der Waals surface area contributed by atoms with Gasteiger partial charge in [0.25, 0.3) is 11.1 Å². The fraction of sp³-hybridized carbons (Fsp3) is 0. The molecule has 8 heteroatoms. The first-order valence-electron chi connectivity index (χ1n) is 6.81. The van der Waals surface area contributed by atoms with Crippen LogP contribution in [0.15, 0.2) is 58.6 Å². The molecule has 2 aromatic heterocycles. The number of benzene rings is 2. The van der Waals surface area contributed by atoms with Crippen molar-refractivity contribution in [2.24, 2.45) is 0 Å². The highest BCUT2D eigenvalue weighted by Crippen LogP contribution is 2.13. The number of hydrogen-bond donors (Lipinski definition) is 2. The molecule has 24 heavy (non-hydrogen) atoms. The Balaban J connectivity index is 0.000000141. The number of fused-ring (bicyclic) bond motifs is 2. The number of aromatic amines is 2. The second-order valence-electron chi connectivity index (χ2n) is 4.76. The Hall–Kier alpha value is -3.06. The lowest BCUT2D eigenvalue weighted by molar-refractivity contribution is 0.638. The van der Waals surface area contributed by atoms with Crippen LogP contribution in [-0.4, -0.2) is 19.9 Å². The molecule has 0 fully saturated rings. The van der Waals surface area contributed by atoms with Crippen molar-refractivity contribution in [3.63, 3.8) is 0 Å². The number of nitrogens with zero attached hydrogens (tertiary/aromatic N) is 2. The van der Waals surface area contributed by atoms with E-state index >= 15 is 0 Å². The summed E-state index contributed by atoms with van der Waals surface area (Å²) in [6.45, 7) is 0. The van der Waals surface area contributed by atoms with E-state index in [0.29, 0.717) is 21.4 Å². The number of hydrogen-bond acceptors (Lipinski definition) is 4. The van der Waals surface area contributed by atoms with E-state index in [1.807, 2.05) is 0 Å². The Bertz CT molecular complexity index is 1130. The highest BCUT2D eigenvalue weighted by Gasteiger charge is 2.03. The minimum Gasteiger partial charge on any atom is -0.313 e. The number of nitrogens with one attached hydrogen (secondary N) is 2. The zero-order valence-corrected chi connectivity index (χ0v) is 12.8. The first-order valence-corrected chi connectivity index (χ1v) is 7.19. The molecule has 2 aromatic carbocycles. The molecule has 0 radical (unpaired) electrons. The van der Waals surface area contributed by atoms with Crippen molar-refractivity contribution in [1.82, 2.24) is 19.9 Å². The van der Waals surface area contributed by atoms with E-state index < -0.39 is 11.4 Å². The van der Waals surface area contributed by atoms with Crippen LogP contribution in [0.25, 0.3) is 21.8 Å². The molecule has 120 valence electrons. The van der Waals surface area contributed by atoms with Gasteiger partial charge in [-0.05, 0) is 30.3 Å². The van der Waals surface area contributed by atoms with Crippen LogP contribution in [0.5, 0.6) is 0 Å². The minimum absolute atomic E-state index is 0.0139. The summed E-state index contributed by atoms with van der Waals surface area (Å²) >= 11 is 5.72. The molecule has 0 bridgehead atoms. The third-order valence-corrected chi connectivity index (χ3v) is 3.46. The number of halogens is 2. The summed E-state index contributed by atoms with van der Waals surface area (Å²) in [4.78, 5) is 34.8. The standard InChI is InChI=1S/C8H5ClN2O.C8H5FN2O/c9-5-1-2-6-7(3-5)10-4-11-8(6)12;9-5-2-1-3-6-7(5)8(12)11-4-10-6/h2*1-4H,(H,10,11,12). The molecule has 4 rings (SSSR count). The first kappa shape index (κ1) is 15.8. The zero-order valence-electron chi connectivity index (χ0n) is 12.1. The molecule has 2 N–H and O–H groups in total. The normalized spacial score (nSPS) is 10.4. The second kappa shape index (κ2) is 6.59. The summed E-state index contributed by atoms with van der Waals surface area (Å²) in [5, 5.41) is 1.16. The topological polar surface area (TPSA) is 91.5 Å². The molecule has 0 unspecified atom stereocenters. The van der Waals surface area contributed by atoms with E-state index in [-0.39, 0.29) is 10.9 Å². The highest BCUT2D eigenvalue weighted by molar-refractivity contribution is 6.31. The first-order chi connectivity index (χ1) is 11.6. The quantitative estimate of drug-likeness (QED) is 0.513. The molecule has 4 aromatic rings. The predicted molar refractivity (Wildman–Crippen MR) is 89.7 cm³/mol. The lowest BCUT2D eigenvalue weighted by atomic mass is 10.2. The van der Waals surface area contributed by atoms with Gasteiger partial charge in [-0.1, -0.05) is 17.7 Å². The maximum absolute atomic E-state index is 13.0. The molecule has 0 saturated heterocycles. The van der Waals surface area contributed by atoms with Crippen molar-refractivity contribution >= 4 is 33.4 Å².